The smallest absolute Gasteiger partial charge is 0.133 e. The van der Waals surface area contributed by atoms with Gasteiger partial charge in [-0.2, -0.15) is 0 Å². The molecule has 2 aliphatic carbocycles. The number of hydrogen-bond donors (Lipinski definition) is 1. The molecule has 0 aromatic carbocycles. The first-order valence-corrected chi connectivity index (χ1v) is 7.41. The molecule has 0 aliphatic heterocycles. The molecule has 100 valence electrons. The highest BCUT2D eigenvalue weighted by Gasteiger charge is 2.37. The first-order chi connectivity index (χ1) is 8.76. The van der Waals surface area contributed by atoms with E-state index in [1.807, 2.05) is 13.0 Å². The fraction of sp³-hybridized carbons (Fsp3) is 0.800. The van der Waals surface area contributed by atoms with Crippen molar-refractivity contribution in [2.24, 2.45) is 5.41 Å². The van der Waals surface area contributed by atoms with E-state index in [0.717, 1.165) is 23.4 Å². The van der Waals surface area contributed by atoms with E-state index in [1.165, 1.54) is 51.4 Å². The van der Waals surface area contributed by atoms with Crippen molar-refractivity contribution in [1.82, 2.24) is 10.5 Å². The summed E-state index contributed by atoms with van der Waals surface area (Å²) >= 11 is 0. The van der Waals surface area contributed by atoms with Gasteiger partial charge in [0.1, 0.15) is 5.76 Å². The van der Waals surface area contributed by atoms with Crippen molar-refractivity contribution in [3.8, 4) is 0 Å². The third-order valence-corrected chi connectivity index (χ3v) is 4.96. The van der Waals surface area contributed by atoms with E-state index in [9.17, 15) is 0 Å². The summed E-state index contributed by atoms with van der Waals surface area (Å²) in [6.45, 7) is 2.80. The van der Waals surface area contributed by atoms with E-state index in [4.69, 9.17) is 4.52 Å². The maximum Gasteiger partial charge on any atom is 0.133 e. The normalized spacial score (nSPS) is 23.8. The van der Waals surface area contributed by atoms with Crippen LogP contribution in [0, 0.1) is 12.3 Å². The van der Waals surface area contributed by atoms with Gasteiger partial charge in [-0.1, -0.05) is 18.0 Å². The lowest BCUT2D eigenvalue weighted by Gasteiger charge is -2.37. The lowest BCUT2D eigenvalue weighted by Crippen LogP contribution is -2.36. The summed E-state index contributed by atoms with van der Waals surface area (Å²) in [6.07, 6.45) is 11.5. The van der Waals surface area contributed by atoms with Crippen LogP contribution < -0.4 is 5.32 Å². The van der Waals surface area contributed by atoms with Crippen LogP contribution in [0.2, 0.25) is 0 Å². The van der Waals surface area contributed by atoms with Gasteiger partial charge < -0.3 is 9.84 Å². The van der Waals surface area contributed by atoms with E-state index in [1.54, 1.807) is 0 Å². The SMILES string of the molecule is Cc1cc(CNC2CCC3(CCCC3)CC2)no1. The first-order valence-electron chi connectivity index (χ1n) is 7.41. The zero-order valence-electron chi connectivity index (χ0n) is 11.4. The molecular formula is C15H24N2O. The van der Waals surface area contributed by atoms with Gasteiger partial charge in [0.2, 0.25) is 0 Å². The van der Waals surface area contributed by atoms with Crippen LogP contribution in [0.5, 0.6) is 0 Å². The Kier molecular flexibility index (Phi) is 3.42. The van der Waals surface area contributed by atoms with Crippen LogP contribution in [-0.4, -0.2) is 11.2 Å². The van der Waals surface area contributed by atoms with Gasteiger partial charge in [0.05, 0.1) is 5.69 Å². The third-order valence-electron chi connectivity index (χ3n) is 4.96. The number of rotatable bonds is 3. The van der Waals surface area contributed by atoms with Crippen LogP contribution in [0.1, 0.15) is 62.8 Å². The van der Waals surface area contributed by atoms with Crippen LogP contribution in [0.25, 0.3) is 0 Å². The minimum atomic E-state index is 0.688. The number of nitrogens with zero attached hydrogens (tertiary/aromatic N) is 1. The Balaban J connectivity index is 1.45. The first kappa shape index (κ1) is 12.2. The molecule has 1 aromatic heterocycles. The second kappa shape index (κ2) is 5.04. The number of hydrogen-bond acceptors (Lipinski definition) is 3. The molecule has 0 radical (unpaired) electrons. The molecule has 0 saturated heterocycles. The summed E-state index contributed by atoms with van der Waals surface area (Å²) in [7, 11) is 0. The second-order valence-electron chi connectivity index (χ2n) is 6.29. The minimum Gasteiger partial charge on any atom is -0.361 e. The second-order valence-corrected chi connectivity index (χ2v) is 6.29. The van der Waals surface area contributed by atoms with Crippen molar-refractivity contribution in [3.63, 3.8) is 0 Å². The third kappa shape index (κ3) is 2.61. The largest absolute Gasteiger partial charge is 0.361 e. The Morgan fingerprint density at radius 2 is 2.00 bits per heavy atom. The zero-order chi connectivity index (χ0) is 12.4. The monoisotopic (exact) mass is 248 g/mol. The van der Waals surface area contributed by atoms with Crippen LogP contribution in [0.3, 0.4) is 0 Å². The van der Waals surface area contributed by atoms with Gasteiger partial charge in [0, 0.05) is 18.7 Å². The highest BCUT2D eigenvalue weighted by atomic mass is 16.5. The lowest BCUT2D eigenvalue weighted by molar-refractivity contribution is 0.167. The van der Waals surface area contributed by atoms with Crippen molar-refractivity contribution in [1.29, 1.82) is 0 Å². The predicted octanol–water partition coefficient (Wildman–Crippen LogP) is 3.58. The van der Waals surface area contributed by atoms with Gasteiger partial charge in [0.25, 0.3) is 0 Å². The molecular weight excluding hydrogens is 224 g/mol. The molecule has 2 aliphatic rings. The van der Waals surface area contributed by atoms with Crippen LogP contribution in [0.4, 0.5) is 0 Å². The molecule has 1 aromatic rings. The Morgan fingerprint density at radius 1 is 1.28 bits per heavy atom. The highest BCUT2D eigenvalue weighted by molar-refractivity contribution is 5.03. The van der Waals surface area contributed by atoms with Crippen LogP contribution >= 0.6 is 0 Å². The van der Waals surface area contributed by atoms with E-state index in [2.05, 4.69) is 10.5 Å². The lowest BCUT2D eigenvalue weighted by atomic mass is 9.71. The van der Waals surface area contributed by atoms with Crippen molar-refractivity contribution in [3.05, 3.63) is 17.5 Å². The highest BCUT2D eigenvalue weighted by Crippen LogP contribution is 2.48. The van der Waals surface area contributed by atoms with Crippen molar-refractivity contribution >= 4 is 0 Å². The van der Waals surface area contributed by atoms with E-state index >= 15 is 0 Å². The summed E-state index contributed by atoms with van der Waals surface area (Å²) < 4.78 is 5.09. The maximum atomic E-state index is 5.09. The van der Waals surface area contributed by atoms with E-state index in [-0.39, 0.29) is 0 Å². The molecule has 1 spiro atoms. The molecule has 1 heterocycles. The van der Waals surface area contributed by atoms with Crippen LogP contribution in [0.15, 0.2) is 10.6 Å². The number of nitrogens with one attached hydrogen (secondary N) is 1. The summed E-state index contributed by atoms with van der Waals surface area (Å²) in [5.41, 5.74) is 1.77. The fourth-order valence-electron chi connectivity index (χ4n) is 3.81. The Morgan fingerprint density at radius 3 is 2.61 bits per heavy atom. The van der Waals surface area contributed by atoms with E-state index in [0.29, 0.717) is 6.04 Å². The molecule has 2 saturated carbocycles. The molecule has 2 fully saturated rings. The quantitative estimate of drug-likeness (QED) is 0.888. The summed E-state index contributed by atoms with van der Waals surface area (Å²) in [5, 5.41) is 7.67. The van der Waals surface area contributed by atoms with Crippen molar-refractivity contribution in [2.75, 3.05) is 0 Å². The van der Waals surface area contributed by atoms with Gasteiger partial charge in [0.15, 0.2) is 0 Å². The Bertz CT molecular complexity index is 383. The van der Waals surface area contributed by atoms with Gasteiger partial charge in [-0.3, -0.25) is 0 Å². The average molecular weight is 248 g/mol. The summed E-state index contributed by atoms with van der Waals surface area (Å²) in [6, 6.07) is 2.71. The standard InChI is InChI=1S/C15H24N2O/c1-12-10-14(17-18-12)11-16-13-4-8-15(9-5-13)6-2-3-7-15/h10,13,16H,2-9,11H2,1H3. The molecule has 18 heavy (non-hydrogen) atoms. The van der Waals surface area contributed by atoms with Gasteiger partial charge >= 0.3 is 0 Å². The van der Waals surface area contributed by atoms with Crippen LogP contribution in [-0.2, 0) is 6.54 Å². The predicted molar refractivity (Wildman–Crippen MR) is 71.2 cm³/mol. The molecule has 3 rings (SSSR count). The molecule has 0 bridgehead atoms. The molecule has 0 unspecified atom stereocenters. The Labute approximate surface area is 109 Å². The Hall–Kier alpha value is -0.830. The van der Waals surface area contributed by atoms with Crippen molar-refractivity contribution in [2.45, 2.75) is 70.9 Å². The number of aryl methyl sites for hydroxylation is 1. The maximum absolute atomic E-state index is 5.09. The molecule has 3 heteroatoms. The number of aromatic nitrogens is 1. The fourth-order valence-corrected chi connectivity index (χ4v) is 3.81. The molecule has 1 N–H and O–H groups in total. The molecule has 0 amide bonds. The van der Waals surface area contributed by atoms with Gasteiger partial charge in [-0.15, -0.1) is 0 Å². The summed E-state index contributed by atoms with van der Waals surface area (Å²) in [5.74, 6) is 0.903. The molecule has 3 nitrogen and oxygen atoms in total. The van der Waals surface area contributed by atoms with Crippen molar-refractivity contribution < 1.29 is 4.52 Å². The average Bonchev–Trinajstić information content (AvgIpc) is 2.99. The van der Waals surface area contributed by atoms with Gasteiger partial charge in [-0.25, -0.2) is 0 Å². The minimum absolute atomic E-state index is 0.688. The van der Waals surface area contributed by atoms with E-state index < -0.39 is 0 Å². The topological polar surface area (TPSA) is 38.1 Å². The zero-order valence-corrected chi connectivity index (χ0v) is 11.4. The summed E-state index contributed by atoms with van der Waals surface area (Å²) in [4.78, 5) is 0. The molecule has 0 atom stereocenters. The van der Waals surface area contributed by atoms with Gasteiger partial charge in [-0.05, 0) is 50.9 Å².